The topological polar surface area (TPSA) is 0 Å². The van der Waals surface area contributed by atoms with E-state index in [1.54, 1.807) is 0 Å². The molecule has 0 saturated heterocycles. The molecule has 0 saturated carbocycles. The second kappa shape index (κ2) is 10.3. The Morgan fingerprint density at radius 1 is 0.857 bits per heavy atom. The minimum atomic E-state index is 0.664. The van der Waals surface area contributed by atoms with Gasteiger partial charge < -0.3 is 0 Å². The van der Waals surface area contributed by atoms with Crippen molar-refractivity contribution in [2.24, 2.45) is 11.8 Å². The fraction of sp³-hybridized carbons (Fsp3) is 0.700. The number of hydrogen-bond donors (Lipinski definition) is 1. The summed E-state index contributed by atoms with van der Waals surface area (Å²) in [5.74, 6) is 2.41. The summed E-state index contributed by atoms with van der Waals surface area (Å²) in [4.78, 5) is 1.06. The lowest BCUT2D eigenvalue weighted by Gasteiger charge is -2.19. The highest BCUT2D eigenvalue weighted by atomic mass is 32.1. The van der Waals surface area contributed by atoms with Gasteiger partial charge in [0.05, 0.1) is 0 Å². The Labute approximate surface area is 138 Å². The van der Waals surface area contributed by atoms with Crippen LogP contribution in [0, 0.1) is 11.8 Å². The van der Waals surface area contributed by atoms with E-state index in [1.807, 2.05) is 0 Å². The van der Waals surface area contributed by atoms with Crippen LogP contribution in [-0.4, -0.2) is 0 Å². The first-order valence-corrected chi connectivity index (χ1v) is 9.26. The van der Waals surface area contributed by atoms with E-state index in [1.165, 1.54) is 50.5 Å². The largest absolute Gasteiger partial charge is 0.143 e. The Kier molecular flexibility index (Phi) is 9.15. The molecule has 120 valence electrons. The lowest BCUT2D eigenvalue weighted by Crippen LogP contribution is -2.05. The summed E-state index contributed by atoms with van der Waals surface area (Å²) in [5, 5.41) is 0. The first-order chi connectivity index (χ1) is 10.0. The molecule has 0 aliphatic carbocycles. The number of unbranched alkanes of at least 4 members (excludes halogenated alkanes) is 2. The number of benzene rings is 1. The molecule has 0 spiro atoms. The van der Waals surface area contributed by atoms with Crippen LogP contribution in [0.4, 0.5) is 0 Å². The maximum absolute atomic E-state index is 4.36. The van der Waals surface area contributed by atoms with Gasteiger partial charge in [0.25, 0.3) is 0 Å². The lowest BCUT2D eigenvalue weighted by atomic mass is 9.87. The molecule has 0 fully saturated rings. The van der Waals surface area contributed by atoms with Gasteiger partial charge in [0.15, 0.2) is 0 Å². The van der Waals surface area contributed by atoms with Crippen molar-refractivity contribution in [1.29, 1.82) is 0 Å². The second-order valence-electron chi connectivity index (χ2n) is 7.01. The van der Waals surface area contributed by atoms with Crippen LogP contribution >= 0.6 is 12.6 Å². The summed E-state index contributed by atoms with van der Waals surface area (Å²) < 4.78 is 0. The van der Waals surface area contributed by atoms with E-state index in [2.05, 4.69) is 64.6 Å². The fourth-order valence-corrected chi connectivity index (χ4v) is 3.32. The average Bonchev–Trinajstić information content (AvgIpc) is 2.46. The SMILES string of the molecule is CCCCCC(C)CC(C)CCC(C)c1ccc(S)cc1. The predicted octanol–water partition coefficient (Wildman–Crippen LogP) is 7.10. The molecule has 0 bridgehead atoms. The zero-order chi connectivity index (χ0) is 15.7. The van der Waals surface area contributed by atoms with Gasteiger partial charge in [0.1, 0.15) is 0 Å². The Balaban J connectivity index is 2.25. The van der Waals surface area contributed by atoms with Crippen LogP contribution in [0.25, 0.3) is 0 Å². The van der Waals surface area contributed by atoms with E-state index >= 15 is 0 Å². The predicted molar refractivity (Wildman–Crippen MR) is 98.4 cm³/mol. The lowest BCUT2D eigenvalue weighted by molar-refractivity contribution is 0.356. The summed E-state index contributed by atoms with van der Waals surface area (Å²) >= 11 is 4.36. The van der Waals surface area contributed by atoms with E-state index < -0.39 is 0 Å². The van der Waals surface area contributed by atoms with Gasteiger partial charge in [-0.2, -0.15) is 0 Å². The van der Waals surface area contributed by atoms with Gasteiger partial charge in [-0.25, -0.2) is 0 Å². The minimum Gasteiger partial charge on any atom is -0.143 e. The molecule has 1 heteroatoms. The Morgan fingerprint density at radius 3 is 2.10 bits per heavy atom. The molecular formula is C20H34S. The third-order valence-corrected chi connectivity index (χ3v) is 4.96. The smallest absolute Gasteiger partial charge is 0.00401 e. The van der Waals surface area contributed by atoms with Crippen molar-refractivity contribution >= 4 is 12.6 Å². The van der Waals surface area contributed by atoms with Crippen LogP contribution in [0.2, 0.25) is 0 Å². The molecule has 0 amide bonds. The van der Waals surface area contributed by atoms with Crippen LogP contribution in [0.3, 0.4) is 0 Å². The number of hydrogen-bond acceptors (Lipinski definition) is 1. The minimum absolute atomic E-state index is 0.664. The molecule has 0 aromatic heterocycles. The maximum atomic E-state index is 4.36. The van der Waals surface area contributed by atoms with E-state index in [9.17, 15) is 0 Å². The van der Waals surface area contributed by atoms with Crippen LogP contribution < -0.4 is 0 Å². The molecule has 3 unspecified atom stereocenters. The molecule has 3 atom stereocenters. The molecule has 1 aromatic carbocycles. The van der Waals surface area contributed by atoms with Gasteiger partial charge in [0.2, 0.25) is 0 Å². The molecular weight excluding hydrogens is 272 g/mol. The molecule has 0 aliphatic rings. The summed E-state index contributed by atoms with van der Waals surface area (Å²) in [5.41, 5.74) is 1.45. The van der Waals surface area contributed by atoms with Gasteiger partial charge >= 0.3 is 0 Å². The molecule has 21 heavy (non-hydrogen) atoms. The van der Waals surface area contributed by atoms with Gasteiger partial charge in [-0.15, -0.1) is 12.6 Å². The van der Waals surface area contributed by atoms with Crippen molar-refractivity contribution in [1.82, 2.24) is 0 Å². The van der Waals surface area contributed by atoms with Gasteiger partial charge in [-0.1, -0.05) is 71.9 Å². The van der Waals surface area contributed by atoms with Crippen molar-refractivity contribution in [3.63, 3.8) is 0 Å². The molecule has 0 aliphatic heterocycles. The molecule has 1 rings (SSSR count). The summed E-state index contributed by atoms with van der Waals surface area (Å²) in [7, 11) is 0. The first kappa shape index (κ1) is 18.6. The quantitative estimate of drug-likeness (QED) is 0.346. The van der Waals surface area contributed by atoms with E-state index in [4.69, 9.17) is 0 Å². The van der Waals surface area contributed by atoms with E-state index in [0.29, 0.717) is 5.92 Å². The molecule has 0 radical (unpaired) electrons. The van der Waals surface area contributed by atoms with Crippen molar-refractivity contribution in [2.75, 3.05) is 0 Å². The third-order valence-electron chi connectivity index (χ3n) is 4.66. The molecule has 0 heterocycles. The Morgan fingerprint density at radius 2 is 1.48 bits per heavy atom. The van der Waals surface area contributed by atoms with Crippen molar-refractivity contribution < 1.29 is 0 Å². The fourth-order valence-electron chi connectivity index (χ4n) is 3.17. The summed E-state index contributed by atoms with van der Waals surface area (Å²) in [6.07, 6.45) is 9.61. The number of thiol groups is 1. The summed E-state index contributed by atoms with van der Waals surface area (Å²) in [6.45, 7) is 9.50. The third kappa shape index (κ3) is 7.95. The van der Waals surface area contributed by atoms with Gasteiger partial charge in [0, 0.05) is 4.90 Å². The van der Waals surface area contributed by atoms with Crippen LogP contribution in [0.15, 0.2) is 29.2 Å². The Bertz CT molecular complexity index is 368. The van der Waals surface area contributed by atoms with E-state index in [0.717, 1.165) is 16.7 Å². The van der Waals surface area contributed by atoms with Crippen LogP contribution in [-0.2, 0) is 0 Å². The van der Waals surface area contributed by atoms with Crippen molar-refractivity contribution in [2.45, 2.75) is 83.5 Å². The molecule has 1 aromatic rings. The highest BCUT2D eigenvalue weighted by Gasteiger charge is 2.11. The average molecular weight is 307 g/mol. The zero-order valence-electron chi connectivity index (χ0n) is 14.4. The Hall–Kier alpha value is -0.430. The first-order valence-electron chi connectivity index (χ1n) is 8.81. The monoisotopic (exact) mass is 306 g/mol. The standard InChI is InChI=1S/C20H34S/c1-5-6-7-8-16(2)15-17(3)9-10-18(4)19-11-13-20(21)14-12-19/h11-14,16-18,21H,5-10,15H2,1-4H3. The summed E-state index contributed by atoms with van der Waals surface area (Å²) in [6, 6.07) is 8.67. The highest BCUT2D eigenvalue weighted by Crippen LogP contribution is 2.27. The maximum Gasteiger partial charge on any atom is 0.00401 e. The van der Waals surface area contributed by atoms with Gasteiger partial charge in [-0.3, -0.25) is 0 Å². The van der Waals surface area contributed by atoms with Crippen molar-refractivity contribution in [3.8, 4) is 0 Å². The van der Waals surface area contributed by atoms with Crippen LogP contribution in [0.5, 0.6) is 0 Å². The normalized spacial score (nSPS) is 15.7. The second-order valence-corrected chi connectivity index (χ2v) is 7.53. The zero-order valence-corrected chi connectivity index (χ0v) is 15.3. The highest BCUT2D eigenvalue weighted by molar-refractivity contribution is 7.80. The van der Waals surface area contributed by atoms with Gasteiger partial charge in [-0.05, 0) is 48.3 Å². The van der Waals surface area contributed by atoms with Crippen LogP contribution in [0.1, 0.15) is 84.1 Å². The van der Waals surface area contributed by atoms with Crippen molar-refractivity contribution in [3.05, 3.63) is 29.8 Å². The van der Waals surface area contributed by atoms with E-state index in [-0.39, 0.29) is 0 Å². The molecule has 0 N–H and O–H groups in total. The molecule has 0 nitrogen and oxygen atoms in total. The number of rotatable bonds is 10.